The second kappa shape index (κ2) is 5.95. The van der Waals surface area contributed by atoms with Crippen molar-refractivity contribution in [2.24, 2.45) is 0 Å². The van der Waals surface area contributed by atoms with E-state index in [4.69, 9.17) is 11.6 Å². The van der Waals surface area contributed by atoms with E-state index in [0.29, 0.717) is 11.2 Å². The van der Waals surface area contributed by atoms with E-state index in [1.54, 1.807) is 11.3 Å². The molecule has 0 bridgehead atoms. The Morgan fingerprint density at radius 2 is 2.17 bits per heavy atom. The smallest absolute Gasteiger partial charge is 0.145 e. The molecule has 0 radical (unpaired) electrons. The van der Waals surface area contributed by atoms with Gasteiger partial charge >= 0.3 is 0 Å². The van der Waals surface area contributed by atoms with Crippen LogP contribution in [0.1, 0.15) is 33.0 Å². The van der Waals surface area contributed by atoms with E-state index in [1.165, 1.54) is 0 Å². The Bertz CT molecular complexity index is 524. The zero-order chi connectivity index (χ0) is 13.1. The Kier molecular flexibility index (Phi) is 4.54. The summed E-state index contributed by atoms with van der Waals surface area (Å²) in [5.74, 6) is 0.817. The van der Waals surface area contributed by atoms with Crippen LogP contribution in [0.4, 0.5) is 0 Å². The molecule has 0 saturated heterocycles. The highest BCUT2D eigenvalue weighted by atomic mass is 35.5. The fourth-order valence-corrected chi connectivity index (χ4v) is 3.01. The molecule has 2 aromatic rings. The lowest BCUT2D eigenvalue weighted by Crippen LogP contribution is -2.31. The normalized spacial score (nSPS) is 11.9. The third kappa shape index (κ3) is 2.99. The van der Waals surface area contributed by atoms with Crippen molar-refractivity contribution in [1.29, 1.82) is 0 Å². The third-order valence-electron chi connectivity index (χ3n) is 2.91. The molecule has 0 aliphatic heterocycles. The Morgan fingerprint density at radius 1 is 1.39 bits per heavy atom. The summed E-state index contributed by atoms with van der Waals surface area (Å²) >= 11 is 7.79. The maximum atomic E-state index is 6.18. The third-order valence-corrected chi connectivity index (χ3v) is 4.01. The Balaban J connectivity index is 2.24. The minimum atomic E-state index is 0.492. The van der Waals surface area contributed by atoms with Gasteiger partial charge in [0.25, 0.3) is 0 Å². The van der Waals surface area contributed by atoms with Gasteiger partial charge < -0.3 is 0 Å². The lowest BCUT2D eigenvalue weighted by Gasteiger charge is -2.24. The lowest BCUT2D eigenvalue weighted by molar-refractivity contribution is 0.208. The number of aromatic nitrogens is 2. The Morgan fingerprint density at radius 3 is 2.83 bits per heavy atom. The van der Waals surface area contributed by atoms with Crippen LogP contribution in [0.25, 0.3) is 10.2 Å². The van der Waals surface area contributed by atoms with Gasteiger partial charge in [-0.05, 0) is 38.3 Å². The molecular formula is C13H18ClN3S. The quantitative estimate of drug-likeness (QED) is 0.778. The summed E-state index contributed by atoms with van der Waals surface area (Å²) in [6.07, 6.45) is 1.13. The van der Waals surface area contributed by atoms with Crippen LogP contribution in [0.15, 0.2) is 11.4 Å². The topological polar surface area (TPSA) is 29.0 Å². The van der Waals surface area contributed by atoms with Gasteiger partial charge in [-0.3, -0.25) is 4.90 Å². The van der Waals surface area contributed by atoms with Gasteiger partial charge in [0.2, 0.25) is 0 Å². The number of nitrogens with zero attached hydrogens (tertiary/aromatic N) is 3. The van der Waals surface area contributed by atoms with E-state index in [-0.39, 0.29) is 0 Å². The number of hydrogen-bond acceptors (Lipinski definition) is 4. The highest BCUT2D eigenvalue weighted by molar-refractivity contribution is 7.16. The number of halogens is 1. The van der Waals surface area contributed by atoms with Gasteiger partial charge in [0, 0.05) is 11.4 Å². The van der Waals surface area contributed by atoms with Crippen molar-refractivity contribution in [1.82, 2.24) is 14.9 Å². The average Bonchev–Trinajstić information content (AvgIpc) is 2.77. The highest BCUT2D eigenvalue weighted by Crippen LogP contribution is 2.25. The molecule has 2 heterocycles. The monoisotopic (exact) mass is 283 g/mol. The zero-order valence-corrected chi connectivity index (χ0v) is 12.6. The van der Waals surface area contributed by atoms with E-state index in [0.717, 1.165) is 35.6 Å². The molecule has 0 amide bonds. The molecule has 0 fully saturated rings. The molecule has 0 unspecified atom stereocenters. The van der Waals surface area contributed by atoms with Gasteiger partial charge in [-0.25, -0.2) is 9.97 Å². The maximum Gasteiger partial charge on any atom is 0.145 e. The molecule has 0 aromatic carbocycles. The Labute approximate surface area is 117 Å². The number of hydrogen-bond donors (Lipinski definition) is 0. The highest BCUT2D eigenvalue weighted by Gasteiger charge is 2.13. The molecule has 0 aliphatic carbocycles. The van der Waals surface area contributed by atoms with Crippen LogP contribution < -0.4 is 0 Å². The number of thiophene rings is 1. The number of rotatable bonds is 5. The standard InChI is InChI=1S/C13H18ClN3S/c1-4-6-17(9(2)3)8-11-15-12(14)10-5-7-18-13(10)16-11/h5,7,9H,4,6,8H2,1-3H3. The van der Waals surface area contributed by atoms with Crippen molar-refractivity contribution in [2.45, 2.75) is 39.8 Å². The molecule has 0 atom stereocenters. The van der Waals surface area contributed by atoms with Crippen molar-refractivity contribution in [3.63, 3.8) is 0 Å². The first-order valence-corrected chi connectivity index (χ1v) is 7.51. The first kappa shape index (κ1) is 13.7. The molecule has 2 aromatic heterocycles. The summed E-state index contributed by atoms with van der Waals surface area (Å²) in [4.78, 5) is 12.3. The summed E-state index contributed by atoms with van der Waals surface area (Å²) < 4.78 is 0. The van der Waals surface area contributed by atoms with Crippen molar-refractivity contribution < 1.29 is 0 Å². The van der Waals surface area contributed by atoms with Gasteiger partial charge in [-0.2, -0.15) is 0 Å². The van der Waals surface area contributed by atoms with Crippen molar-refractivity contribution in [3.8, 4) is 0 Å². The fraction of sp³-hybridized carbons (Fsp3) is 0.538. The molecule has 3 nitrogen and oxygen atoms in total. The minimum absolute atomic E-state index is 0.492. The fourth-order valence-electron chi connectivity index (χ4n) is 1.92. The molecule has 98 valence electrons. The van der Waals surface area contributed by atoms with Gasteiger partial charge in [-0.1, -0.05) is 18.5 Å². The van der Waals surface area contributed by atoms with Crippen molar-refractivity contribution in [2.75, 3.05) is 6.54 Å². The predicted octanol–water partition coefficient (Wildman–Crippen LogP) is 3.97. The van der Waals surface area contributed by atoms with Gasteiger partial charge in [0.05, 0.1) is 6.54 Å². The minimum Gasteiger partial charge on any atom is -0.294 e. The van der Waals surface area contributed by atoms with E-state index >= 15 is 0 Å². The maximum absolute atomic E-state index is 6.18. The van der Waals surface area contributed by atoms with Crippen LogP contribution in [0.2, 0.25) is 5.15 Å². The molecule has 5 heteroatoms. The first-order valence-electron chi connectivity index (χ1n) is 6.25. The summed E-state index contributed by atoms with van der Waals surface area (Å²) in [5.41, 5.74) is 0. The summed E-state index contributed by atoms with van der Waals surface area (Å²) in [5, 5.41) is 3.52. The molecule has 2 rings (SSSR count). The van der Waals surface area contributed by atoms with Crippen LogP contribution in [0, 0.1) is 0 Å². The van der Waals surface area contributed by atoms with Crippen LogP contribution in [0.3, 0.4) is 0 Å². The summed E-state index contributed by atoms with van der Waals surface area (Å²) in [6, 6.07) is 2.46. The largest absolute Gasteiger partial charge is 0.294 e. The number of fused-ring (bicyclic) bond motifs is 1. The second-order valence-corrected chi connectivity index (χ2v) is 5.89. The molecule has 0 spiro atoms. The van der Waals surface area contributed by atoms with Crippen LogP contribution in [-0.2, 0) is 6.54 Å². The van der Waals surface area contributed by atoms with E-state index in [1.807, 2.05) is 11.4 Å². The molecule has 0 N–H and O–H groups in total. The summed E-state index contributed by atoms with van der Waals surface area (Å²) in [6.45, 7) is 8.40. The second-order valence-electron chi connectivity index (χ2n) is 4.63. The lowest BCUT2D eigenvalue weighted by atomic mass is 10.3. The molecular weight excluding hydrogens is 266 g/mol. The summed E-state index contributed by atoms with van der Waals surface area (Å²) in [7, 11) is 0. The zero-order valence-electron chi connectivity index (χ0n) is 11.0. The van der Waals surface area contributed by atoms with Crippen LogP contribution in [-0.4, -0.2) is 27.5 Å². The first-order chi connectivity index (χ1) is 8.61. The van der Waals surface area contributed by atoms with Crippen molar-refractivity contribution >= 4 is 33.2 Å². The molecule has 0 saturated carbocycles. The predicted molar refractivity (Wildman–Crippen MR) is 78.3 cm³/mol. The van der Waals surface area contributed by atoms with Crippen molar-refractivity contribution in [3.05, 3.63) is 22.4 Å². The van der Waals surface area contributed by atoms with Crippen LogP contribution in [0.5, 0.6) is 0 Å². The van der Waals surface area contributed by atoms with Gasteiger partial charge in [0.15, 0.2) is 0 Å². The Hall–Kier alpha value is -0.710. The van der Waals surface area contributed by atoms with Crippen LogP contribution >= 0.6 is 22.9 Å². The SMILES string of the molecule is CCCN(Cc1nc(Cl)c2ccsc2n1)C(C)C. The molecule has 18 heavy (non-hydrogen) atoms. The van der Waals surface area contributed by atoms with E-state index < -0.39 is 0 Å². The van der Waals surface area contributed by atoms with Gasteiger partial charge in [-0.15, -0.1) is 11.3 Å². The van der Waals surface area contributed by atoms with Gasteiger partial charge in [0.1, 0.15) is 15.8 Å². The molecule has 0 aliphatic rings. The average molecular weight is 284 g/mol. The van der Waals surface area contributed by atoms with E-state index in [2.05, 4.69) is 35.6 Å². The van der Waals surface area contributed by atoms with E-state index in [9.17, 15) is 0 Å².